The largest absolute Gasteiger partial charge is 0.299 e. The Morgan fingerprint density at radius 2 is 1.93 bits per heavy atom. The summed E-state index contributed by atoms with van der Waals surface area (Å²) < 4.78 is 11.9. The third-order valence-electron chi connectivity index (χ3n) is 3.60. The van der Waals surface area contributed by atoms with E-state index in [4.69, 9.17) is 0 Å². The fraction of sp³-hybridized carbons (Fsp3) is 0.750. The molecule has 2 aliphatic heterocycles. The van der Waals surface area contributed by atoms with Crippen LogP contribution in [0.4, 0.5) is 0 Å². The molecule has 3 heteroatoms. The molecule has 15 heavy (non-hydrogen) atoms. The van der Waals surface area contributed by atoms with Crippen molar-refractivity contribution in [1.82, 2.24) is 0 Å². The van der Waals surface area contributed by atoms with Gasteiger partial charge in [-0.2, -0.15) is 0 Å². The van der Waals surface area contributed by atoms with Gasteiger partial charge in [0.05, 0.1) is 0 Å². The second-order valence-corrected chi connectivity index (χ2v) is 6.62. The van der Waals surface area contributed by atoms with Crippen molar-refractivity contribution in [2.24, 2.45) is 5.92 Å². The summed E-state index contributed by atoms with van der Waals surface area (Å²) in [5, 5.41) is 0.604. The molecule has 2 nitrogen and oxygen atoms in total. The topological polar surface area (TPSA) is 34.1 Å². The van der Waals surface area contributed by atoms with Gasteiger partial charge in [0, 0.05) is 33.6 Å². The molecule has 0 spiro atoms. The normalized spacial score (nSPS) is 39.7. The highest BCUT2D eigenvalue weighted by Gasteiger charge is 2.39. The maximum Gasteiger partial charge on any atom is 0.139 e. The van der Waals surface area contributed by atoms with Crippen LogP contribution in [0.15, 0.2) is 12.7 Å². The first-order valence-corrected chi connectivity index (χ1v) is 7.03. The minimum atomic E-state index is -0.655. The van der Waals surface area contributed by atoms with Crippen molar-refractivity contribution in [2.75, 3.05) is 0 Å². The van der Waals surface area contributed by atoms with Gasteiger partial charge in [0.25, 0.3) is 0 Å². The predicted octanol–water partition coefficient (Wildman–Crippen LogP) is 2.21. The fourth-order valence-electron chi connectivity index (χ4n) is 2.81. The molecule has 0 radical (unpaired) electrons. The van der Waals surface area contributed by atoms with Gasteiger partial charge in [0.15, 0.2) is 0 Å². The number of fused-ring (bicyclic) bond motifs is 2. The molecule has 2 heterocycles. The van der Waals surface area contributed by atoms with Crippen molar-refractivity contribution in [3.63, 3.8) is 0 Å². The molecular formula is C12H18O2S. The number of rotatable bonds is 3. The predicted molar refractivity (Wildman–Crippen MR) is 62.1 cm³/mol. The third kappa shape index (κ3) is 2.22. The molecule has 2 atom stereocenters. The lowest BCUT2D eigenvalue weighted by Gasteiger charge is -2.37. The molecule has 0 aromatic rings. The Hall–Kier alpha value is -0.440. The van der Waals surface area contributed by atoms with Gasteiger partial charge in [0.1, 0.15) is 5.78 Å². The fourth-order valence-corrected chi connectivity index (χ4v) is 4.99. The Labute approximate surface area is 93.6 Å². The monoisotopic (exact) mass is 226 g/mol. The first kappa shape index (κ1) is 11.1. The standard InChI is InChI=1S/C12H18O2S/c1-2-4-12(13)9-7-10-5-3-6-11(8-9)15(10)14/h2,9-11H,1,3-8H2. The van der Waals surface area contributed by atoms with E-state index in [2.05, 4.69) is 6.58 Å². The number of hydrogen-bond donors (Lipinski definition) is 0. The quantitative estimate of drug-likeness (QED) is 0.691. The average Bonchev–Trinajstić information content (AvgIpc) is 2.17. The second kappa shape index (κ2) is 4.60. The van der Waals surface area contributed by atoms with Gasteiger partial charge in [0.2, 0.25) is 0 Å². The molecule has 2 saturated heterocycles. The van der Waals surface area contributed by atoms with Crippen molar-refractivity contribution in [3.8, 4) is 0 Å². The molecule has 84 valence electrons. The number of carbonyl (C=O) groups excluding carboxylic acids is 1. The summed E-state index contributed by atoms with van der Waals surface area (Å²) in [7, 11) is -0.655. The zero-order valence-electron chi connectivity index (χ0n) is 8.98. The van der Waals surface area contributed by atoms with Crippen LogP contribution in [0.25, 0.3) is 0 Å². The van der Waals surface area contributed by atoms with Crippen LogP contribution in [-0.4, -0.2) is 20.5 Å². The maximum atomic E-state index is 11.9. The zero-order valence-corrected chi connectivity index (χ0v) is 9.80. The Morgan fingerprint density at radius 1 is 1.33 bits per heavy atom. The second-order valence-electron chi connectivity index (χ2n) is 4.63. The first-order chi connectivity index (χ1) is 7.22. The van der Waals surface area contributed by atoms with E-state index in [1.807, 2.05) is 0 Å². The van der Waals surface area contributed by atoms with Crippen LogP contribution in [0, 0.1) is 5.92 Å². The van der Waals surface area contributed by atoms with Crippen LogP contribution in [0.3, 0.4) is 0 Å². The van der Waals surface area contributed by atoms with E-state index in [1.165, 1.54) is 6.42 Å². The summed E-state index contributed by atoms with van der Waals surface area (Å²) in [6.07, 6.45) is 7.19. The maximum absolute atomic E-state index is 11.9. The van der Waals surface area contributed by atoms with Gasteiger partial charge in [-0.1, -0.05) is 12.5 Å². The van der Waals surface area contributed by atoms with Gasteiger partial charge in [-0.3, -0.25) is 9.00 Å². The van der Waals surface area contributed by atoms with E-state index in [9.17, 15) is 9.00 Å². The van der Waals surface area contributed by atoms with Gasteiger partial charge < -0.3 is 0 Å². The molecule has 2 rings (SSSR count). The van der Waals surface area contributed by atoms with Crippen molar-refractivity contribution in [1.29, 1.82) is 0 Å². The van der Waals surface area contributed by atoms with Crippen LogP contribution < -0.4 is 0 Å². The number of allylic oxidation sites excluding steroid dienone is 1. The van der Waals surface area contributed by atoms with Crippen molar-refractivity contribution in [3.05, 3.63) is 12.7 Å². The SMILES string of the molecule is C=CCC(=O)C1CC2CCCC(C1)S2=O. The lowest BCUT2D eigenvalue weighted by atomic mass is 9.86. The van der Waals surface area contributed by atoms with Crippen molar-refractivity contribution >= 4 is 16.6 Å². The molecular weight excluding hydrogens is 208 g/mol. The highest BCUT2D eigenvalue weighted by molar-refractivity contribution is 7.86. The number of carbonyl (C=O) groups is 1. The van der Waals surface area contributed by atoms with E-state index in [1.54, 1.807) is 6.08 Å². The highest BCUT2D eigenvalue weighted by Crippen LogP contribution is 2.37. The molecule has 0 amide bonds. The van der Waals surface area contributed by atoms with Crippen LogP contribution in [-0.2, 0) is 15.6 Å². The van der Waals surface area contributed by atoms with Crippen LogP contribution in [0.1, 0.15) is 38.5 Å². The summed E-state index contributed by atoms with van der Waals surface area (Å²) in [6.45, 7) is 3.60. The molecule has 0 aromatic carbocycles. The van der Waals surface area contributed by atoms with Gasteiger partial charge >= 0.3 is 0 Å². The van der Waals surface area contributed by atoms with Crippen LogP contribution in [0.5, 0.6) is 0 Å². The smallest absolute Gasteiger partial charge is 0.139 e. The van der Waals surface area contributed by atoms with Crippen LogP contribution >= 0.6 is 0 Å². The van der Waals surface area contributed by atoms with E-state index in [-0.39, 0.29) is 5.92 Å². The Balaban J connectivity index is 2.04. The summed E-state index contributed by atoms with van der Waals surface area (Å²) in [5.74, 6) is 0.467. The highest BCUT2D eigenvalue weighted by atomic mass is 32.2. The number of Topliss-reactive ketones (excluding diaryl/α,β-unsaturated/α-hetero) is 1. The molecule has 2 unspecified atom stereocenters. The molecule has 2 aliphatic rings. The Morgan fingerprint density at radius 3 is 2.47 bits per heavy atom. The van der Waals surface area contributed by atoms with E-state index < -0.39 is 10.8 Å². The molecule has 0 aliphatic carbocycles. The number of hydrogen-bond acceptors (Lipinski definition) is 2. The zero-order chi connectivity index (χ0) is 10.8. The van der Waals surface area contributed by atoms with Gasteiger partial charge in [-0.05, 0) is 25.7 Å². The van der Waals surface area contributed by atoms with E-state index in [0.29, 0.717) is 22.7 Å². The lowest BCUT2D eigenvalue weighted by molar-refractivity contribution is -0.122. The molecule has 2 bridgehead atoms. The van der Waals surface area contributed by atoms with Crippen molar-refractivity contribution < 1.29 is 9.00 Å². The summed E-state index contributed by atoms with van der Waals surface area (Å²) in [5.41, 5.74) is 0. The minimum absolute atomic E-state index is 0.163. The molecule has 2 fully saturated rings. The molecule has 0 saturated carbocycles. The van der Waals surface area contributed by atoms with Gasteiger partial charge in [-0.25, -0.2) is 0 Å². The molecule has 0 aromatic heterocycles. The van der Waals surface area contributed by atoms with E-state index >= 15 is 0 Å². The Bertz CT molecular complexity index is 282. The Kier molecular flexibility index (Phi) is 3.39. The van der Waals surface area contributed by atoms with Crippen LogP contribution in [0.2, 0.25) is 0 Å². The summed E-state index contributed by atoms with van der Waals surface area (Å²) in [4.78, 5) is 11.8. The van der Waals surface area contributed by atoms with Gasteiger partial charge in [-0.15, -0.1) is 6.58 Å². The van der Waals surface area contributed by atoms with Crippen molar-refractivity contribution in [2.45, 2.75) is 49.0 Å². The molecule has 0 N–H and O–H groups in total. The number of ketones is 1. The summed E-state index contributed by atoms with van der Waals surface area (Å²) in [6, 6.07) is 0. The lowest BCUT2D eigenvalue weighted by Crippen LogP contribution is -2.41. The van der Waals surface area contributed by atoms with E-state index in [0.717, 1.165) is 25.7 Å². The first-order valence-electron chi connectivity index (χ1n) is 5.75. The summed E-state index contributed by atoms with van der Waals surface area (Å²) >= 11 is 0. The minimum Gasteiger partial charge on any atom is -0.299 e. The average molecular weight is 226 g/mol. The third-order valence-corrected chi connectivity index (χ3v) is 5.78.